The fourth-order valence-corrected chi connectivity index (χ4v) is 1.73. The maximum absolute atomic E-state index is 8.50. The van der Waals surface area contributed by atoms with Crippen LogP contribution in [0.3, 0.4) is 0 Å². The molecule has 1 rings (SSSR count). The lowest BCUT2D eigenvalue weighted by Gasteiger charge is -2.27. The zero-order valence-corrected chi connectivity index (χ0v) is 7.14. The third-order valence-electron chi connectivity index (χ3n) is 2.49. The first-order chi connectivity index (χ1) is 5.36. The minimum absolute atomic E-state index is 0.610. The maximum atomic E-state index is 8.50. The highest BCUT2D eigenvalue weighted by molar-refractivity contribution is 4.82. The second-order valence-electron chi connectivity index (χ2n) is 3.40. The molecule has 1 heterocycles. The molecule has 1 aliphatic heterocycles. The quantitative estimate of drug-likeness (QED) is 0.651. The van der Waals surface area contributed by atoms with E-state index in [-0.39, 0.29) is 0 Å². The first kappa shape index (κ1) is 8.55. The second kappa shape index (κ2) is 4.35. The molecule has 0 aliphatic carbocycles. The zero-order valence-electron chi connectivity index (χ0n) is 7.14. The van der Waals surface area contributed by atoms with Crippen molar-refractivity contribution in [2.75, 3.05) is 13.1 Å². The molecule has 0 saturated carbocycles. The van der Waals surface area contributed by atoms with Gasteiger partial charge in [-0.05, 0) is 31.3 Å². The standard InChI is InChI=1S/C9H16N2/c1-2-8-5-9(3-4-10)7-11-6-8/h8-9,11H,2-3,5-7H2,1H3/t8-,9+/m1/s1. The van der Waals surface area contributed by atoms with Crippen LogP contribution in [-0.2, 0) is 0 Å². The molecule has 1 aliphatic rings. The van der Waals surface area contributed by atoms with Gasteiger partial charge in [0, 0.05) is 6.42 Å². The molecule has 1 saturated heterocycles. The smallest absolute Gasteiger partial charge is 0.0625 e. The Hall–Kier alpha value is -0.550. The Kier molecular flexibility index (Phi) is 3.38. The van der Waals surface area contributed by atoms with E-state index in [1.165, 1.54) is 12.8 Å². The highest BCUT2D eigenvalue weighted by Crippen LogP contribution is 2.20. The summed E-state index contributed by atoms with van der Waals surface area (Å²) in [7, 11) is 0. The van der Waals surface area contributed by atoms with Crippen molar-refractivity contribution in [1.82, 2.24) is 5.32 Å². The van der Waals surface area contributed by atoms with Gasteiger partial charge in [0.25, 0.3) is 0 Å². The number of rotatable bonds is 2. The number of nitriles is 1. The minimum Gasteiger partial charge on any atom is -0.316 e. The summed E-state index contributed by atoms with van der Waals surface area (Å²) >= 11 is 0. The van der Waals surface area contributed by atoms with Gasteiger partial charge in [-0.2, -0.15) is 5.26 Å². The molecule has 11 heavy (non-hydrogen) atoms. The lowest BCUT2D eigenvalue weighted by Crippen LogP contribution is -2.35. The van der Waals surface area contributed by atoms with Crippen LogP contribution in [0.1, 0.15) is 26.2 Å². The van der Waals surface area contributed by atoms with Crippen LogP contribution >= 0.6 is 0 Å². The molecule has 0 aromatic heterocycles. The van der Waals surface area contributed by atoms with Crippen molar-refractivity contribution in [2.45, 2.75) is 26.2 Å². The number of piperidine rings is 1. The van der Waals surface area contributed by atoms with Crippen molar-refractivity contribution in [3.8, 4) is 6.07 Å². The molecule has 0 radical (unpaired) electrons. The van der Waals surface area contributed by atoms with Crippen LogP contribution in [0, 0.1) is 23.2 Å². The summed E-state index contributed by atoms with van der Waals surface area (Å²) in [5.74, 6) is 1.42. The van der Waals surface area contributed by atoms with Crippen LogP contribution in [0.2, 0.25) is 0 Å². The number of nitrogens with zero attached hydrogens (tertiary/aromatic N) is 1. The van der Waals surface area contributed by atoms with Gasteiger partial charge in [-0.25, -0.2) is 0 Å². The molecule has 62 valence electrons. The molecular weight excluding hydrogens is 136 g/mol. The molecule has 0 aromatic rings. The van der Waals surface area contributed by atoms with Gasteiger partial charge >= 0.3 is 0 Å². The predicted molar refractivity (Wildman–Crippen MR) is 45.0 cm³/mol. The largest absolute Gasteiger partial charge is 0.316 e. The Bertz CT molecular complexity index is 148. The Balaban J connectivity index is 2.28. The minimum atomic E-state index is 0.610. The van der Waals surface area contributed by atoms with E-state index in [0.29, 0.717) is 5.92 Å². The molecule has 0 unspecified atom stereocenters. The normalized spacial score (nSPS) is 31.3. The molecular formula is C9H16N2. The summed E-state index contributed by atoms with van der Waals surface area (Å²) in [5.41, 5.74) is 0. The van der Waals surface area contributed by atoms with Gasteiger partial charge in [-0.3, -0.25) is 0 Å². The van der Waals surface area contributed by atoms with Gasteiger partial charge in [0.05, 0.1) is 6.07 Å². The van der Waals surface area contributed by atoms with Crippen molar-refractivity contribution in [2.24, 2.45) is 11.8 Å². The second-order valence-corrected chi connectivity index (χ2v) is 3.40. The van der Waals surface area contributed by atoms with Crippen molar-refractivity contribution >= 4 is 0 Å². The van der Waals surface area contributed by atoms with Crippen LogP contribution in [0.25, 0.3) is 0 Å². The Morgan fingerprint density at radius 3 is 2.82 bits per heavy atom. The first-order valence-electron chi connectivity index (χ1n) is 4.44. The summed E-state index contributed by atoms with van der Waals surface area (Å²) in [6, 6.07) is 2.24. The zero-order chi connectivity index (χ0) is 8.10. The van der Waals surface area contributed by atoms with Crippen molar-refractivity contribution in [3.63, 3.8) is 0 Å². The monoisotopic (exact) mass is 152 g/mol. The average Bonchev–Trinajstić information content (AvgIpc) is 2.06. The summed E-state index contributed by atoms with van der Waals surface area (Å²) < 4.78 is 0. The predicted octanol–water partition coefficient (Wildman–Crippen LogP) is 1.54. The van der Waals surface area contributed by atoms with Crippen molar-refractivity contribution in [1.29, 1.82) is 5.26 Å². The third kappa shape index (κ3) is 2.51. The summed E-state index contributed by atoms with van der Waals surface area (Å²) in [5, 5.41) is 11.9. The van der Waals surface area contributed by atoms with Gasteiger partial charge in [0.1, 0.15) is 0 Å². The fourth-order valence-electron chi connectivity index (χ4n) is 1.73. The SMILES string of the molecule is CC[C@H]1CNC[C@@H](CC#N)C1. The van der Waals surface area contributed by atoms with Crippen LogP contribution in [0.5, 0.6) is 0 Å². The van der Waals surface area contributed by atoms with Gasteiger partial charge in [-0.1, -0.05) is 13.3 Å². The average molecular weight is 152 g/mol. The van der Waals surface area contributed by atoms with Gasteiger partial charge in [0.15, 0.2) is 0 Å². The first-order valence-corrected chi connectivity index (χ1v) is 4.44. The molecule has 0 amide bonds. The van der Waals surface area contributed by atoms with Crippen LogP contribution in [-0.4, -0.2) is 13.1 Å². The molecule has 2 nitrogen and oxygen atoms in total. The summed E-state index contributed by atoms with van der Waals surface area (Å²) in [4.78, 5) is 0. The van der Waals surface area contributed by atoms with E-state index in [1.807, 2.05) is 0 Å². The van der Waals surface area contributed by atoms with E-state index < -0.39 is 0 Å². The number of hydrogen-bond acceptors (Lipinski definition) is 2. The topological polar surface area (TPSA) is 35.8 Å². The van der Waals surface area contributed by atoms with E-state index in [1.54, 1.807) is 0 Å². The number of nitrogens with one attached hydrogen (secondary N) is 1. The molecule has 2 heteroatoms. The number of hydrogen-bond donors (Lipinski definition) is 1. The highest BCUT2D eigenvalue weighted by atomic mass is 14.9. The van der Waals surface area contributed by atoms with E-state index in [4.69, 9.17) is 5.26 Å². The van der Waals surface area contributed by atoms with Gasteiger partial charge in [-0.15, -0.1) is 0 Å². The lowest BCUT2D eigenvalue weighted by atomic mass is 9.87. The molecule has 0 aromatic carbocycles. The van der Waals surface area contributed by atoms with E-state index >= 15 is 0 Å². The summed E-state index contributed by atoms with van der Waals surface area (Å²) in [6.07, 6.45) is 3.22. The molecule has 1 fully saturated rings. The molecule has 0 spiro atoms. The maximum Gasteiger partial charge on any atom is 0.0625 e. The van der Waals surface area contributed by atoms with Crippen LogP contribution in [0.15, 0.2) is 0 Å². The van der Waals surface area contributed by atoms with Crippen molar-refractivity contribution in [3.05, 3.63) is 0 Å². The van der Waals surface area contributed by atoms with Crippen LogP contribution < -0.4 is 5.32 Å². The third-order valence-corrected chi connectivity index (χ3v) is 2.49. The van der Waals surface area contributed by atoms with E-state index in [9.17, 15) is 0 Å². The van der Waals surface area contributed by atoms with E-state index in [2.05, 4.69) is 18.3 Å². The molecule has 1 N–H and O–H groups in total. The van der Waals surface area contributed by atoms with Gasteiger partial charge in [0.2, 0.25) is 0 Å². The lowest BCUT2D eigenvalue weighted by molar-refractivity contribution is 0.283. The summed E-state index contributed by atoms with van der Waals surface area (Å²) in [6.45, 7) is 4.42. The van der Waals surface area contributed by atoms with Crippen LogP contribution in [0.4, 0.5) is 0 Å². The Morgan fingerprint density at radius 1 is 1.45 bits per heavy atom. The Morgan fingerprint density at radius 2 is 2.18 bits per heavy atom. The van der Waals surface area contributed by atoms with Crippen molar-refractivity contribution < 1.29 is 0 Å². The Labute approximate surface area is 68.6 Å². The molecule has 0 bridgehead atoms. The van der Waals surface area contributed by atoms with E-state index in [0.717, 1.165) is 25.4 Å². The molecule has 2 atom stereocenters. The highest BCUT2D eigenvalue weighted by Gasteiger charge is 2.19. The fraction of sp³-hybridized carbons (Fsp3) is 0.889. The van der Waals surface area contributed by atoms with Gasteiger partial charge < -0.3 is 5.32 Å².